The minimum atomic E-state index is -0.0975. The number of hydrogen-bond acceptors (Lipinski definition) is 2. The molecular formula is C57H65BN2. The Hall–Kier alpha value is -5.02. The summed E-state index contributed by atoms with van der Waals surface area (Å²) in [5.41, 5.74) is 22.8. The molecule has 3 heteroatoms. The summed E-state index contributed by atoms with van der Waals surface area (Å²) in [4.78, 5) is 5.31. The summed E-state index contributed by atoms with van der Waals surface area (Å²) in [6.07, 6.45) is 2.19. The first-order chi connectivity index (χ1) is 28.0. The molecule has 0 aromatic heterocycles. The van der Waals surface area contributed by atoms with Crippen LogP contribution in [-0.2, 0) is 34.5 Å². The van der Waals surface area contributed by atoms with Crippen LogP contribution in [0.3, 0.4) is 0 Å². The van der Waals surface area contributed by atoms with Crippen LogP contribution in [0.4, 0.5) is 34.1 Å². The van der Waals surface area contributed by atoms with Crippen LogP contribution < -0.4 is 26.2 Å². The Morgan fingerprint density at radius 1 is 0.433 bits per heavy atom. The largest absolute Gasteiger partial charge is 0.311 e. The quantitative estimate of drug-likeness (QED) is 0.165. The summed E-state index contributed by atoms with van der Waals surface area (Å²) in [6.45, 7) is 33.1. The average molecular weight is 789 g/mol. The van der Waals surface area contributed by atoms with Crippen molar-refractivity contribution in [3.63, 3.8) is 0 Å². The fourth-order valence-corrected chi connectivity index (χ4v) is 10.1. The predicted molar refractivity (Wildman–Crippen MR) is 262 cm³/mol. The summed E-state index contributed by atoms with van der Waals surface area (Å²) in [7, 11) is 0. The topological polar surface area (TPSA) is 6.48 Å². The first-order valence-corrected chi connectivity index (χ1v) is 22.4. The van der Waals surface area contributed by atoms with Gasteiger partial charge in [-0.15, -0.1) is 0 Å². The lowest BCUT2D eigenvalue weighted by Crippen LogP contribution is -2.61. The van der Waals surface area contributed by atoms with Gasteiger partial charge in [-0.2, -0.15) is 0 Å². The molecule has 0 atom stereocenters. The van der Waals surface area contributed by atoms with E-state index in [1.807, 2.05) is 0 Å². The molecule has 60 heavy (non-hydrogen) atoms. The van der Waals surface area contributed by atoms with Crippen LogP contribution in [0, 0.1) is 5.41 Å². The van der Waals surface area contributed by atoms with Crippen molar-refractivity contribution in [3.8, 4) is 11.1 Å². The monoisotopic (exact) mass is 789 g/mol. The summed E-state index contributed by atoms with van der Waals surface area (Å²) in [6, 6.07) is 45.5. The van der Waals surface area contributed by atoms with Crippen LogP contribution in [0.2, 0.25) is 0 Å². The maximum Gasteiger partial charge on any atom is 0.252 e. The molecular weight excluding hydrogens is 723 g/mol. The van der Waals surface area contributed by atoms with E-state index in [0.29, 0.717) is 0 Å². The average Bonchev–Trinajstić information content (AvgIpc) is 3.48. The maximum atomic E-state index is 2.68. The molecule has 0 saturated heterocycles. The molecule has 2 nitrogen and oxygen atoms in total. The highest BCUT2D eigenvalue weighted by Gasteiger charge is 2.46. The summed E-state index contributed by atoms with van der Waals surface area (Å²) < 4.78 is 0. The van der Waals surface area contributed by atoms with E-state index in [0.717, 1.165) is 12.8 Å². The van der Waals surface area contributed by atoms with Gasteiger partial charge in [0, 0.05) is 34.0 Å². The smallest absolute Gasteiger partial charge is 0.252 e. The van der Waals surface area contributed by atoms with Crippen molar-refractivity contribution in [1.82, 2.24) is 0 Å². The van der Waals surface area contributed by atoms with Crippen molar-refractivity contribution in [2.24, 2.45) is 5.41 Å². The minimum absolute atomic E-state index is 0.00238. The fourth-order valence-electron chi connectivity index (χ4n) is 10.1. The lowest BCUT2D eigenvalue weighted by atomic mass is 9.33. The number of benzene rings is 6. The van der Waals surface area contributed by atoms with E-state index in [1.165, 1.54) is 95.0 Å². The van der Waals surface area contributed by atoms with Crippen molar-refractivity contribution in [1.29, 1.82) is 0 Å². The van der Waals surface area contributed by atoms with Crippen molar-refractivity contribution < 1.29 is 0 Å². The highest BCUT2D eigenvalue weighted by Crippen LogP contribution is 2.50. The Labute approximate surface area is 362 Å². The Kier molecular flexibility index (Phi) is 9.08. The van der Waals surface area contributed by atoms with Gasteiger partial charge < -0.3 is 9.80 Å². The van der Waals surface area contributed by atoms with Crippen LogP contribution in [0.1, 0.15) is 130 Å². The summed E-state index contributed by atoms with van der Waals surface area (Å²) in [5, 5.41) is 0. The van der Waals surface area contributed by atoms with Gasteiger partial charge in [-0.05, 0) is 144 Å². The van der Waals surface area contributed by atoms with Gasteiger partial charge in [0.25, 0.3) is 6.71 Å². The van der Waals surface area contributed by atoms with Gasteiger partial charge in [0.15, 0.2) is 0 Å². The standard InChI is InChI=1S/C57H65BN2/c1-53(2,3)39-21-18-22-43(29-39)59-49-31-41(55(7,8)9)23-25-45(49)58-46-27-37-34-57(13,14)35-38(37)28-48(46)60(51-33-42(56(10,11)12)32-50(59)52(51)58)47-26-24-40(54(4,5)6)30-44(47)36-19-16-15-17-20-36/h15-33H,34-35H2,1-14H3. The van der Waals surface area contributed by atoms with Crippen molar-refractivity contribution in [2.75, 3.05) is 9.80 Å². The first kappa shape index (κ1) is 40.4. The predicted octanol–water partition coefficient (Wildman–Crippen LogP) is 13.8. The van der Waals surface area contributed by atoms with Crippen LogP contribution in [0.25, 0.3) is 11.1 Å². The minimum Gasteiger partial charge on any atom is -0.311 e. The molecule has 0 spiro atoms. The van der Waals surface area contributed by atoms with Gasteiger partial charge in [-0.3, -0.25) is 0 Å². The molecule has 2 heterocycles. The first-order valence-electron chi connectivity index (χ1n) is 22.4. The van der Waals surface area contributed by atoms with Gasteiger partial charge in [0.1, 0.15) is 0 Å². The molecule has 0 radical (unpaired) electrons. The zero-order valence-electron chi connectivity index (χ0n) is 38.9. The molecule has 0 saturated carbocycles. The number of hydrogen-bond donors (Lipinski definition) is 0. The molecule has 0 fully saturated rings. The third-order valence-electron chi connectivity index (χ3n) is 13.6. The van der Waals surface area contributed by atoms with E-state index in [4.69, 9.17) is 0 Å². The fraction of sp³-hybridized carbons (Fsp3) is 0.368. The molecule has 306 valence electrons. The number of nitrogens with zero attached hydrogens (tertiary/aromatic N) is 2. The van der Waals surface area contributed by atoms with Crippen LogP contribution in [0.15, 0.2) is 115 Å². The van der Waals surface area contributed by atoms with E-state index in [1.54, 1.807) is 0 Å². The lowest BCUT2D eigenvalue weighted by Gasteiger charge is -2.46. The van der Waals surface area contributed by atoms with Crippen molar-refractivity contribution in [3.05, 3.63) is 149 Å². The molecule has 0 N–H and O–H groups in total. The Morgan fingerprint density at radius 2 is 0.967 bits per heavy atom. The molecule has 0 amide bonds. The molecule has 6 aromatic carbocycles. The molecule has 0 unspecified atom stereocenters. The Morgan fingerprint density at radius 3 is 1.60 bits per heavy atom. The number of fused-ring (bicyclic) bond motifs is 5. The second-order valence-corrected chi connectivity index (χ2v) is 23.2. The number of anilines is 6. The van der Waals surface area contributed by atoms with E-state index < -0.39 is 0 Å². The van der Waals surface area contributed by atoms with Crippen LogP contribution in [0.5, 0.6) is 0 Å². The lowest BCUT2D eigenvalue weighted by molar-refractivity contribution is 0.392. The Balaban J connectivity index is 1.44. The third kappa shape index (κ3) is 6.81. The van der Waals surface area contributed by atoms with E-state index in [-0.39, 0.29) is 33.8 Å². The zero-order chi connectivity index (χ0) is 42.9. The summed E-state index contributed by atoms with van der Waals surface area (Å²) in [5.74, 6) is 0. The molecule has 3 aliphatic rings. The van der Waals surface area contributed by atoms with Crippen LogP contribution >= 0.6 is 0 Å². The number of rotatable bonds is 3. The van der Waals surface area contributed by atoms with Gasteiger partial charge in [-0.25, -0.2) is 0 Å². The van der Waals surface area contributed by atoms with Crippen molar-refractivity contribution in [2.45, 2.75) is 131 Å². The second-order valence-electron chi connectivity index (χ2n) is 23.2. The van der Waals surface area contributed by atoms with Crippen LogP contribution in [-0.4, -0.2) is 6.71 Å². The summed E-state index contributed by atoms with van der Waals surface area (Å²) >= 11 is 0. The third-order valence-corrected chi connectivity index (χ3v) is 13.6. The molecule has 2 aliphatic heterocycles. The Bertz CT molecular complexity index is 2670. The van der Waals surface area contributed by atoms with Gasteiger partial charge in [0.2, 0.25) is 0 Å². The van der Waals surface area contributed by atoms with Crippen molar-refractivity contribution >= 4 is 57.2 Å². The van der Waals surface area contributed by atoms with E-state index in [2.05, 4.69) is 222 Å². The molecule has 1 aliphatic carbocycles. The molecule has 0 bridgehead atoms. The zero-order valence-corrected chi connectivity index (χ0v) is 38.9. The highest BCUT2D eigenvalue weighted by atomic mass is 15.2. The van der Waals surface area contributed by atoms with E-state index >= 15 is 0 Å². The second kappa shape index (κ2) is 13.5. The van der Waals surface area contributed by atoms with Gasteiger partial charge in [-0.1, -0.05) is 164 Å². The van der Waals surface area contributed by atoms with Gasteiger partial charge >= 0.3 is 0 Å². The molecule has 6 aromatic rings. The van der Waals surface area contributed by atoms with E-state index in [9.17, 15) is 0 Å². The normalized spacial score (nSPS) is 15.7. The molecule has 9 rings (SSSR count). The maximum absolute atomic E-state index is 2.68. The highest BCUT2D eigenvalue weighted by molar-refractivity contribution is 7.00. The SMILES string of the molecule is CC1(C)Cc2cc3c(cc2C1)N(c1ccc(C(C)(C)C)cc1-c1ccccc1)c1cc(C(C)(C)C)cc2c1B3c1ccc(C(C)(C)C)cc1N2c1cccc(C(C)(C)C)c1. The van der Waals surface area contributed by atoms with Gasteiger partial charge in [0.05, 0.1) is 5.69 Å².